The van der Waals surface area contributed by atoms with E-state index in [9.17, 15) is 9.90 Å². The highest BCUT2D eigenvalue weighted by molar-refractivity contribution is 9.10. The van der Waals surface area contributed by atoms with Gasteiger partial charge in [-0.25, -0.2) is 0 Å². The lowest BCUT2D eigenvalue weighted by Gasteiger charge is -2.27. The zero-order valence-corrected chi connectivity index (χ0v) is 12.8. The molecule has 2 rings (SSSR count). The van der Waals surface area contributed by atoms with Crippen LogP contribution >= 0.6 is 15.9 Å². The fraction of sp³-hybridized carbons (Fsp3) is 0.533. The van der Waals surface area contributed by atoms with Crippen molar-refractivity contribution in [3.8, 4) is 5.75 Å². The summed E-state index contributed by atoms with van der Waals surface area (Å²) in [5.74, 6) is -0.0422. The van der Waals surface area contributed by atoms with Crippen LogP contribution in [0.4, 0.5) is 0 Å². The number of benzene rings is 1. The zero-order valence-electron chi connectivity index (χ0n) is 11.2. The molecule has 0 spiro atoms. The van der Waals surface area contributed by atoms with Gasteiger partial charge in [-0.2, -0.15) is 0 Å². The molecule has 0 aliphatic heterocycles. The molecule has 0 aromatic heterocycles. The lowest BCUT2D eigenvalue weighted by molar-refractivity contribution is 0.0714. The number of halogens is 1. The molecular formula is C15H20BrNO2. The number of phenolic OH excluding ortho intramolecular Hbond substituents is 1. The Kier molecular flexibility index (Phi) is 4.86. The standard InChI is InChI=1S/C15H20BrNO2/c1-17(12-6-4-2-3-5-7-12)15(19)13-10-11(16)8-9-14(13)18/h8-10,12,18H,2-7H2,1H3. The first kappa shape index (κ1) is 14.4. The van der Waals surface area contributed by atoms with E-state index in [0.717, 1.165) is 17.3 Å². The summed E-state index contributed by atoms with van der Waals surface area (Å²) in [5.41, 5.74) is 0.376. The molecular weight excluding hydrogens is 306 g/mol. The highest BCUT2D eigenvalue weighted by Crippen LogP contribution is 2.26. The molecule has 1 N–H and O–H groups in total. The molecule has 0 saturated heterocycles. The van der Waals surface area contributed by atoms with Gasteiger partial charge in [0.15, 0.2) is 0 Å². The minimum atomic E-state index is -0.0919. The van der Waals surface area contributed by atoms with Crippen molar-refractivity contribution in [1.82, 2.24) is 4.90 Å². The SMILES string of the molecule is CN(C(=O)c1cc(Br)ccc1O)C1CCCCCC1. The Bertz CT molecular complexity index is 453. The molecule has 1 aliphatic carbocycles. The second-order valence-corrected chi connectivity index (χ2v) is 6.14. The van der Waals surface area contributed by atoms with E-state index < -0.39 is 0 Å². The number of hydrogen-bond acceptors (Lipinski definition) is 2. The van der Waals surface area contributed by atoms with Gasteiger partial charge >= 0.3 is 0 Å². The molecule has 1 aromatic rings. The first-order valence-corrected chi connectivity index (χ1v) is 7.64. The lowest BCUT2D eigenvalue weighted by atomic mass is 10.1. The van der Waals surface area contributed by atoms with Gasteiger partial charge in [0.05, 0.1) is 5.56 Å². The Hall–Kier alpha value is -1.03. The highest BCUT2D eigenvalue weighted by Gasteiger charge is 2.24. The average molecular weight is 326 g/mol. The van der Waals surface area contributed by atoms with Crippen LogP contribution in [0.1, 0.15) is 48.9 Å². The largest absolute Gasteiger partial charge is 0.507 e. The topological polar surface area (TPSA) is 40.5 Å². The van der Waals surface area contributed by atoms with Gasteiger partial charge < -0.3 is 10.0 Å². The number of rotatable bonds is 2. The first-order chi connectivity index (χ1) is 9.09. The molecule has 19 heavy (non-hydrogen) atoms. The van der Waals surface area contributed by atoms with Crippen LogP contribution in [-0.4, -0.2) is 29.0 Å². The smallest absolute Gasteiger partial charge is 0.257 e. The second-order valence-electron chi connectivity index (χ2n) is 5.22. The number of phenols is 1. The summed E-state index contributed by atoms with van der Waals surface area (Å²) in [6.07, 6.45) is 7.04. The minimum Gasteiger partial charge on any atom is -0.507 e. The van der Waals surface area contributed by atoms with E-state index in [1.165, 1.54) is 25.7 Å². The maximum absolute atomic E-state index is 12.5. The molecule has 4 heteroatoms. The van der Waals surface area contributed by atoms with Crippen molar-refractivity contribution in [2.75, 3.05) is 7.05 Å². The van der Waals surface area contributed by atoms with Crippen LogP contribution in [0.2, 0.25) is 0 Å². The van der Waals surface area contributed by atoms with E-state index in [1.54, 1.807) is 23.1 Å². The van der Waals surface area contributed by atoms with Crippen LogP contribution in [0.25, 0.3) is 0 Å². The summed E-state index contributed by atoms with van der Waals surface area (Å²) in [5, 5.41) is 9.84. The summed E-state index contributed by atoms with van der Waals surface area (Å²) in [4.78, 5) is 14.3. The van der Waals surface area contributed by atoms with E-state index in [2.05, 4.69) is 15.9 Å². The third-order valence-electron chi connectivity index (χ3n) is 3.88. The second kappa shape index (κ2) is 6.42. The van der Waals surface area contributed by atoms with Gasteiger partial charge in [0, 0.05) is 17.6 Å². The first-order valence-electron chi connectivity index (χ1n) is 6.85. The molecule has 1 amide bonds. The van der Waals surface area contributed by atoms with Crippen molar-refractivity contribution >= 4 is 21.8 Å². The van der Waals surface area contributed by atoms with E-state index in [4.69, 9.17) is 0 Å². The highest BCUT2D eigenvalue weighted by atomic mass is 79.9. The Morgan fingerprint density at radius 1 is 1.26 bits per heavy atom. The third kappa shape index (κ3) is 3.50. The molecule has 1 aliphatic rings. The molecule has 0 bridgehead atoms. The summed E-state index contributed by atoms with van der Waals surface area (Å²) < 4.78 is 0.808. The molecule has 0 unspecified atom stereocenters. The number of carbonyl (C=O) groups is 1. The van der Waals surface area contributed by atoms with Gasteiger partial charge in [-0.05, 0) is 31.0 Å². The normalized spacial score (nSPS) is 16.9. The summed E-state index contributed by atoms with van der Waals surface area (Å²) in [6.45, 7) is 0. The molecule has 1 saturated carbocycles. The molecule has 1 aromatic carbocycles. The molecule has 3 nitrogen and oxygen atoms in total. The zero-order chi connectivity index (χ0) is 13.8. The number of nitrogens with zero attached hydrogens (tertiary/aromatic N) is 1. The predicted octanol–water partition coefficient (Wildman–Crippen LogP) is 3.95. The van der Waals surface area contributed by atoms with Gasteiger partial charge in [0.1, 0.15) is 5.75 Å². The summed E-state index contributed by atoms with van der Waals surface area (Å²) in [7, 11) is 1.85. The van der Waals surface area contributed by atoms with E-state index in [1.807, 2.05) is 7.05 Å². The van der Waals surface area contributed by atoms with Crippen molar-refractivity contribution in [3.05, 3.63) is 28.2 Å². The van der Waals surface area contributed by atoms with Gasteiger partial charge in [-0.1, -0.05) is 41.6 Å². The van der Waals surface area contributed by atoms with Crippen LogP contribution in [0, 0.1) is 0 Å². The predicted molar refractivity (Wildman–Crippen MR) is 79.4 cm³/mol. The fourth-order valence-corrected chi connectivity index (χ4v) is 3.04. The molecule has 0 radical (unpaired) electrons. The molecule has 0 atom stereocenters. The van der Waals surface area contributed by atoms with Crippen LogP contribution < -0.4 is 0 Å². The van der Waals surface area contributed by atoms with Crippen LogP contribution in [0.3, 0.4) is 0 Å². The maximum atomic E-state index is 12.5. The number of carbonyl (C=O) groups excluding carboxylic acids is 1. The van der Waals surface area contributed by atoms with Crippen molar-refractivity contribution in [2.24, 2.45) is 0 Å². The van der Waals surface area contributed by atoms with Gasteiger partial charge in [0.25, 0.3) is 5.91 Å². The van der Waals surface area contributed by atoms with Crippen molar-refractivity contribution in [2.45, 2.75) is 44.6 Å². The van der Waals surface area contributed by atoms with Crippen molar-refractivity contribution in [3.63, 3.8) is 0 Å². The van der Waals surface area contributed by atoms with Gasteiger partial charge in [0.2, 0.25) is 0 Å². The van der Waals surface area contributed by atoms with Crippen LogP contribution in [0.15, 0.2) is 22.7 Å². The monoisotopic (exact) mass is 325 g/mol. The summed E-state index contributed by atoms with van der Waals surface area (Å²) >= 11 is 3.34. The number of aromatic hydroxyl groups is 1. The Balaban J connectivity index is 2.15. The van der Waals surface area contributed by atoms with E-state index >= 15 is 0 Å². The van der Waals surface area contributed by atoms with Crippen LogP contribution in [0.5, 0.6) is 5.75 Å². The lowest BCUT2D eigenvalue weighted by Crippen LogP contribution is -2.36. The maximum Gasteiger partial charge on any atom is 0.257 e. The van der Waals surface area contributed by atoms with Crippen LogP contribution in [-0.2, 0) is 0 Å². The van der Waals surface area contributed by atoms with Gasteiger partial charge in [-0.15, -0.1) is 0 Å². The third-order valence-corrected chi connectivity index (χ3v) is 4.38. The molecule has 1 fully saturated rings. The molecule has 0 heterocycles. The Labute approximate surface area is 122 Å². The van der Waals surface area contributed by atoms with Gasteiger partial charge in [-0.3, -0.25) is 4.79 Å². The minimum absolute atomic E-state index is 0.0497. The fourth-order valence-electron chi connectivity index (χ4n) is 2.68. The molecule has 104 valence electrons. The van der Waals surface area contributed by atoms with E-state index in [-0.39, 0.29) is 11.7 Å². The average Bonchev–Trinajstić information content (AvgIpc) is 2.69. The van der Waals surface area contributed by atoms with Crippen molar-refractivity contribution in [1.29, 1.82) is 0 Å². The van der Waals surface area contributed by atoms with E-state index in [0.29, 0.717) is 11.6 Å². The quantitative estimate of drug-likeness (QED) is 0.836. The Morgan fingerprint density at radius 2 is 1.89 bits per heavy atom. The Morgan fingerprint density at radius 3 is 2.53 bits per heavy atom. The number of hydrogen-bond donors (Lipinski definition) is 1. The number of amides is 1. The van der Waals surface area contributed by atoms with Crippen molar-refractivity contribution < 1.29 is 9.90 Å². The summed E-state index contributed by atoms with van der Waals surface area (Å²) in [6, 6.07) is 5.27.